The summed E-state index contributed by atoms with van der Waals surface area (Å²) in [6, 6.07) is 10.4. The van der Waals surface area contributed by atoms with Gasteiger partial charge in [0.1, 0.15) is 0 Å². The molecule has 0 unspecified atom stereocenters. The maximum Gasteiger partial charge on any atom is 0.326 e. The number of urea groups is 1. The molecule has 0 saturated carbocycles. The highest BCUT2D eigenvalue weighted by atomic mass is 16.2. The zero-order chi connectivity index (χ0) is 16.2. The minimum Gasteiger partial charge on any atom is -0.377 e. The van der Waals surface area contributed by atoms with Gasteiger partial charge in [0.25, 0.3) is 0 Å². The topological polar surface area (TPSA) is 43.9 Å². The van der Waals surface area contributed by atoms with Gasteiger partial charge in [0.2, 0.25) is 5.91 Å². The number of hydrogen-bond donors (Lipinski definition) is 0. The third-order valence-electron chi connectivity index (χ3n) is 4.69. The van der Waals surface area contributed by atoms with Gasteiger partial charge in [0.05, 0.1) is 0 Å². The Morgan fingerprint density at radius 1 is 1.04 bits per heavy atom. The number of hydrogen-bond acceptors (Lipinski definition) is 3. The van der Waals surface area contributed by atoms with Crippen molar-refractivity contribution in [2.75, 3.05) is 26.7 Å². The van der Waals surface area contributed by atoms with E-state index in [9.17, 15) is 9.59 Å². The Morgan fingerprint density at radius 3 is 2.43 bits per heavy atom. The summed E-state index contributed by atoms with van der Waals surface area (Å²) in [5.74, 6) is -0.0746. The number of carbonyl (C=O) groups is 2. The average molecular weight is 313 g/mol. The summed E-state index contributed by atoms with van der Waals surface area (Å²) < 4.78 is 0. The van der Waals surface area contributed by atoms with Gasteiger partial charge in [-0.05, 0) is 30.7 Å². The number of imide groups is 1. The van der Waals surface area contributed by atoms with Crippen LogP contribution >= 0.6 is 0 Å². The monoisotopic (exact) mass is 313 g/mol. The fraction of sp³-hybridized carbons (Fsp3) is 0.444. The van der Waals surface area contributed by atoms with E-state index in [4.69, 9.17) is 0 Å². The van der Waals surface area contributed by atoms with Gasteiger partial charge in [-0.25, -0.2) is 4.79 Å². The van der Waals surface area contributed by atoms with Crippen LogP contribution < -0.4 is 0 Å². The van der Waals surface area contributed by atoms with Crippen LogP contribution in [0.3, 0.4) is 0 Å². The quantitative estimate of drug-likeness (QED) is 0.861. The Balaban J connectivity index is 1.53. The van der Waals surface area contributed by atoms with Gasteiger partial charge >= 0.3 is 6.03 Å². The lowest BCUT2D eigenvalue weighted by Gasteiger charge is -2.41. The molecule has 3 rings (SSSR count). The lowest BCUT2D eigenvalue weighted by Crippen LogP contribution is -2.56. The molecule has 0 spiro atoms. The molecule has 2 aliphatic rings. The molecule has 2 saturated heterocycles. The highest BCUT2D eigenvalue weighted by molar-refractivity contribution is 5.96. The van der Waals surface area contributed by atoms with E-state index in [1.54, 1.807) is 7.05 Å². The van der Waals surface area contributed by atoms with E-state index in [1.807, 2.05) is 23.1 Å². The lowest BCUT2D eigenvalue weighted by atomic mass is 10.0. The average Bonchev–Trinajstić information content (AvgIpc) is 2.60. The molecule has 3 amide bonds. The number of likely N-dealkylation sites (tertiary alicyclic amines) is 1. The zero-order valence-electron chi connectivity index (χ0n) is 13.5. The molecule has 23 heavy (non-hydrogen) atoms. The molecule has 122 valence electrons. The van der Waals surface area contributed by atoms with E-state index in [0.717, 1.165) is 25.9 Å². The number of amides is 3. The number of benzene rings is 1. The minimum absolute atomic E-state index is 0.0746. The first-order valence-electron chi connectivity index (χ1n) is 8.19. The van der Waals surface area contributed by atoms with E-state index >= 15 is 0 Å². The molecule has 5 nitrogen and oxygen atoms in total. The van der Waals surface area contributed by atoms with Crippen LogP contribution in [0.4, 0.5) is 4.79 Å². The van der Waals surface area contributed by atoms with Crippen molar-refractivity contribution in [2.24, 2.45) is 0 Å². The van der Waals surface area contributed by atoms with Crippen molar-refractivity contribution in [3.8, 4) is 0 Å². The van der Waals surface area contributed by atoms with E-state index in [2.05, 4.69) is 29.3 Å². The van der Waals surface area contributed by atoms with Gasteiger partial charge in [0.15, 0.2) is 0 Å². The molecule has 0 atom stereocenters. The van der Waals surface area contributed by atoms with Crippen molar-refractivity contribution < 1.29 is 9.59 Å². The van der Waals surface area contributed by atoms with Crippen LogP contribution in [-0.2, 0) is 4.79 Å². The predicted octanol–water partition coefficient (Wildman–Crippen LogP) is 2.41. The zero-order valence-corrected chi connectivity index (χ0v) is 13.5. The number of carbonyl (C=O) groups excluding carboxylic acids is 2. The molecular formula is C18H23N3O2. The molecule has 0 radical (unpaired) electrons. The minimum atomic E-state index is -0.139. The Labute approximate surface area is 137 Å². The van der Waals surface area contributed by atoms with Crippen molar-refractivity contribution in [1.29, 1.82) is 0 Å². The summed E-state index contributed by atoms with van der Waals surface area (Å²) in [7, 11) is 1.58. The predicted molar refractivity (Wildman–Crippen MR) is 89.6 cm³/mol. The Bertz CT molecular complexity index is 592. The van der Waals surface area contributed by atoms with Gasteiger partial charge < -0.3 is 9.80 Å². The maximum atomic E-state index is 12.2. The molecule has 0 aliphatic carbocycles. The van der Waals surface area contributed by atoms with E-state index < -0.39 is 0 Å². The summed E-state index contributed by atoms with van der Waals surface area (Å²) in [6.45, 7) is 2.44. The van der Waals surface area contributed by atoms with Crippen molar-refractivity contribution >= 4 is 18.0 Å². The molecule has 0 N–H and O–H groups in total. The highest BCUT2D eigenvalue weighted by Gasteiger charge is 2.34. The van der Waals surface area contributed by atoms with Gasteiger partial charge in [-0.2, -0.15) is 0 Å². The van der Waals surface area contributed by atoms with Gasteiger partial charge in [0, 0.05) is 39.1 Å². The molecule has 1 aromatic carbocycles. The van der Waals surface area contributed by atoms with Crippen LogP contribution in [0, 0.1) is 0 Å². The molecular weight excluding hydrogens is 290 g/mol. The maximum absolute atomic E-state index is 12.2. The summed E-state index contributed by atoms with van der Waals surface area (Å²) in [4.78, 5) is 29.2. The fourth-order valence-corrected chi connectivity index (χ4v) is 3.22. The standard InChI is InChI=1S/C18H23N3O2/c1-19-17(22)10-14-21(18(19)23)16-8-12-20(13-9-16)11-7-15-5-3-2-4-6-15/h2-7,11,16H,8-10,12-14H2,1H3/b11-7+. The third-order valence-corrected chi connectivity index (χ3v) is 4.69. The molecule has 2 heterocycles. The van der Waals surface area contributed by atoms with Crippen LogP contribution in [0.1, 0.15) is 24.8 Å². The third kappa shape index (κ3) is 3.55. The molecule has 0 aromatic heterocycles. The van der Waals surface area contributed by atoms with Crippen molar-refractivity contribution in [3.63, 3.8) is 0 Å². The molecule has 1 aromatic rings. The van der Waals surface area contributed by atoms with E-state index in [-0.39, 0.29) is 18.0 Å². The van der Waals surface area contributed by atoms with Crippen molar-refractivity contribution in [2.45, 2.75) is 25.3 Å². The van der Waals surface area contributed by atoms with Crippen molar-refractivity contribution in [3.05, 3.63) is 42.1 Å². The Morgan fingerprint density at radius 2 is 1.74 bits per heavy atom. The first-order valence-corrected chi connectivity index (χ1v) is 8.19. The van der Waals surface area contributed by atoms with Gasteiger partial charge in [-0.15, -0.1) is 0 Å². The first kappa shape index (κ1) is 15.6. The van der Waals surface area contributed by atoms with E-state index in [0.29, 0.717) is 13.0 Å². The summed E-state index contributed by atoms with van der Waals surface area (Å²) >= 11 is 0. The second kappa shape index (κ2) is 6.86. The summed E-state index contributed by atoms with van der Waals surface area (Å²) in [5.41, 5.74) is 1.20. The lowest BCUT2D eigenvalue weighted by molar-refractivity contribution is -0.130. The Hall–Kier alpha value is -2.30. The largest absolute Gasteiger partial charge is 0.377 e. The molecule has 0 bridgehead atoms. The SMILES string of the molecule is CN1C(=O)CCN(C2CCN(/C=C/c3ccccc3)CC2)C1=O. The fourth-order valence-electron chi connectivity index (χ4n) is 3.22. The number of rotatable bonds is 3. The second-order valence-corrected chi connectivity index (χ2v) is 6.17. The number of piperidine rings is 1. The van der Waals surface area contributed by atoms with Gasteiger partial charge in [-0.3, -0.25) is 9.69 Å². The van der Waals surface area contributed by atoms with Crippen LogP contribution in [0.25, 0.3) is 6.08 Å². The summed E-state index contributed by atoms with van der Waals surface area (Å²) in [5, 5.41) is 0. The van der Waals surface area contributed by atoms with Gasteiger partial charge in [-0.1, -0.05) is 30.3 Å². The Kier molecular flexibility index (Phi) is 4.65. The smallest absolute Gasteiger partial charge is 0.326 e. The van der Waals surface area contributed by atoms with Crippen molar-refractivity contribution in [1.82, 2.24) is 14.7 Å². The van der Waals surface area contributed by atoms with Crippen LogP contribution in [0.2, 0.25) is 0 Å². The van der Waals surface area contributed by atoms with E-state index in [1.165, 1.54) is 10.5 Å². The van der Waals surface area contributed by atoms with Crippen LogP contribution in [-0.4, -0.2) is 59.4 Å². The summed E-state index contributed by atoms with van der Waals surface area (Å²) in [6.07, 6.45) is 6.61. The number of nitrogens with zero attached hydrogens (tertiary/aromatic N) is 3. The van der Waals surface area contributed by atoms with Crippen LogP contribution in [0.15, 0.2) is 36.5 Å². The molecule has 5 heteroatoms. The molecule has 2 fully saturated rings. The normalized spacial score (nSPS) is 20.7. The highest BCUT2D eigenvalue weighted by Crippen LogP contribution is 2.21. The first-order chi connectivity index (χ1) is 11.1. The van der Waals surface area contributed by atoms with Crippen LogP contribution in [0.5, 0.6) is 0 Å². The second-order valence-electron chi connectivity index (χ2n) is 6.17. The molecule has 2 aliphatic heterocycles.